The molecule has 4 nitrogen and oxygen atoms in total. The maximum Gasteiger partial charge on any atom is 0.230 e. The Morgan fingerprint density at radius 1 is 1.73 bits per heavy atom. The summed E-state index contributed by atoms with van der Waals surface area (Å²) in [5.41, 5.74) is 0. The number of aromatic nitrogens is 2. The van der Waals surface area contributed by atoms with Gasteiger partial charge in [-0.3, -0.25) is 10.1 Å². The third kappa shape index (κ3) is 4.05. The molecule has 1 atom stereocenters. The number of nitrogens with one attached hydrogen (secondary N) is 1. The molecule has 0 aliphatic heterocycles. The van der Waals surface area contributed by atoms with E-state index in [2.05, 4.69) is 15.3 Å². The lowest BCUT2D eigenvalue weighted by Gasteiger charge is -2.09. The zero-order chi connectivity index (χ0) is 11.3. The van der Waals surface area contributed by atoms with Crippen LogP contribution in [0.5, 0.6) is 0 Å². The monoisotopic (exact) mass is 245 g/mol. The van der Waals surface area contributed by atoms with Crippen LogP contribution < -0.4 is 5.32 Å². The van der Waals surface area contributed by atoms with E-state index in [0.29, 0.717) is 5.15 Å². The summed E-state index contributed by atoms with van der Waals surface area (Å²) in [6.45, 7) is 1.86. The lowest BCUT2D eigenvalue weighted by atomic mass is 10.2. The van der Waals surface area contributed by atoms with Gasteiger partial charge in [-0.1, -0.05) is 18.5 Å². The summed E-state index contributed by atoms with van der Waals surface area (Å²) in [7, 11) is 0. The summed E-state index contributed by atoms with van der Waals surface area (Å²) in [4.78, 5) is 19.3. The second kappa shape index (κ2) is 5.92. The van der Waals surface area contributed by atoms with E-state index in [9.17, 15) is 4.79 Å². The SMILES string of the molecule is CSCC(C)C(=O)Nc1nccc(Cl)n1. The highest BCUT2D eigenvalue weighted by atomic mass is 35.5. The maximum atomic E-state index is 11.6. The second-order valence-electron chi connectivity index (χ2n) is 3.05. The third-order valence-corrected chi connectivity index (χ3v) is 2.76. The van der Waals surface area contributed by atoms with Crippen molar-refractivity contribution in [1.29, 1.82) is 0 Å². The molecule has 1 amide bonds. The Morgan fingerprint density at radius 2 is 2.47 bits per heavy atom. The van der Waals surface area contributed by atoms with Crippen LogP contribution in [0.3, 0.4) is 0 Å². The van der Waals surface area contributed by atoms with Crippen LogP contribution in [0.15, 0.2) is 12.3 Å². The van der Waals surface area contributed by atoms with Gasteiger partial charge in [-0.25, -0.2) is 9.97 Å². The Labute approximate surface area is 97.8 Å². The molecule has 0 bridgehead atoms. The van der Waals surface area contributed by atoms with Gasteiger partial charge in [0.1, 0.15) is 5.15 Å². The predicted octanol–water partition coefficient (Wildman–Crippen LogP) is 2.07. The molecule has 1 rings (SSSR count). The van der Waals surface area contributed by atoms with Crippen LogP contribution in [-0.4, -0.2) is 27.9 Å². The molecule has 0 radical (unpaired) electrons. The molecule has 1 unspecified atom stereocenters. The number of halogens is 1. The number of anilines is 1. The van der Waals surface area contributed by atoms with Gasteiger partial charge >= 0.3 is 0 Å². The van der Waals surface area contributed by atoms with E-state index in [1.54, 1.807) is 17.8 Å². The molecule has 0 aliphatic rings. The number of rotatable bonds is 4. The van der Waals surface area contributed by atoms with Crippen molar-refractivity contribution in [2.24, 2.45) is 5.92 Å². The molecular weight excluding hydrogens is 234 g/mol. The molecule has 0 spiro atoms. The molecule has 0 aliphatic carbocycles. The first-order valence-corrected chi connectivity index (χ1v) is 6.19. The molecule has 0 saturated heterocycles. The first-order chi connectivity index (χ1) is 7.13. The van der Waals surface area contributed by atoms with Crippen LogP contribution >= 0.6 is 23.4 Å². The number of carbonyl (C=O) groups excluding carboxylic acids is 1. The quantitative estimate of drug-likeness (QED) is 0.826. The van der Waals surface area contributed by atoms with Crippen molar-refractivity contribution in [2.75, 3.05) is 17.3 Å². The van der Waals surface area contributed by atoms with Gasteiger partial charge in [0.2, 0.25) is 11.9 Å². The minimum atomic E-state index is -0.0911. The topological polar surface area (TPSA) is 54.9 Å². The molecule has 1 aromatic heterocycles. The average Bonchev–Trinajstić information content (AvgIpc) is 2.18. The van der Waals surface area contributed by atoms with Crippen molar-refractivity contribution in [3.63, 3.8) is 0 Å². The van der Waals surface area contributed by atoms with E-state index in [1.807, 2.05) is 13.2 Å². The molecule has 82 valence electrons. The summed E-state index contributed by atoms with van der Waals surface area (Å²) >= 11 is 7.29. The van der Waals surface area contributed by atoms with Crippen LogP contribution in [0, 0.1) is 5.92 Å². The lowest BCUT2D eigenvalue weighted by Crippen LogP contribution is -2.23. The minimum absolute atomic E-state index is 0.0671. The Hall–Kier alpha value is -0.810. The highest BCUT2D eigenvalue weighted by Crippen LogP contribution is 2.09. The van der Waals surface area contributed by atoms with Gasteiger partial charge < -0.3 is 0 Å². The van der Waals surface area contributed by atoms with E-state index >= 15 is 0 Å². The number of hydrogen-bond donors (Lipinski definition) is 1. The van der Waals surface area contributed by atoms with E-state index in [0.717, 1.165) is 5.75 Å². The lowest BCUT2D eigenvalue weighted by molar-refractivity contribution is -0.118. The maximum absolute atomic E-state index is 11.6. The fourth-order valence-corrected chi connectivity index (χ4v) is 1.74. The van der Waals surface area contributed by atoms with Crippen LogP contribution in [0.2, 0.25) is 5.15 Å². The summed E-state index contributed by atoms with van der Waals surface area (Å²) in [6.07, 6.45) is 3.46. The molecule has 0 aromatic carbocycles. The number of carbonyl (C=O) groups is 1. The van der Waals surface area contributed by atoms with Gasteiger partial charge in [0, 0.05) is 17.9 Å². The molecule has 0 fully saturated rings. The van der Waals surface area contributed by atoms with Crippen molar-refractivity contribution in [1.82, 2.24) is 9.97 Å². The molecule has 1 N–H and O–H groups in total. The smallest absolute Gasteiger partial charge is 0.230 e. The van der Waals surface area contributed by atoms with Crippen molar-refractivity contribution >= 4 is 35.2 Å². The Morgan fingerprint density at radius 3 is 3.07 bits per heavy atom. The highest BCUT2D eigenvalue weighted by Gasteiger charge is 2.13. The van der Waals surface area contributed by atoms with Crippen molar-refractivity contribution in [3.05, 3.63) is 17.4 Å². The van der Waals surface area contributed by atoms with Gasteiger partial charge in [-0.15, -0.1) is 0 Å². The number of hydrogen-bond acceptors (Lipinski definition) is 4. The van der Waals surface area contributed by atoms with Crippen LogP contribution in [0.4, 0.5) is 5.95 Å². The van der Waals surface area contributed by atoms with Crippen LogP contribution in [0.25, 0.3) is 0 Å². The summed E-state index contributed by atoms with van der Waals surface area (Å²) in [6, 6.07) is 1.56. The molecule has 15 heavy (non-hydrogen) atoms. The highest BCUT2D eigenvalue weighted by molar-refractivity contribution is 7.98. The largest absolute Gasteiger partial charge is 0.294 e. The van der Waals surface area contributed by atoms with Crippen molar-refractivity contribution in [2.45, 2.75) is 6.92 Å². The van der Waals surface area contributed by atoms with Crippen molar-refractivity contribution < 1.29 is 4.79 Å². The fraction of sp³-hybridized carbons (Fsp3) is 0.444. The second-order valence-corrected chi connectivity index (χ2v) is 4.35. The Kier molecular flexibility index (Phi) is 4.84. The molecule has 1 heterocycles. The zero-order valence-corrected chi connectivity index (χ0v) is 10.1. The molecule has 0 saturated carbocycles. The van der Waals surface area contributed by atoms with Gasteiger partial charge in [0.25, 0.3) is 0 Å². The summed E-state index contributed by atoms with van der Waals surface area (Å²) in [5, 5.41) is 2.93. The van der Waals surface area contributed by atoms with E-state index in [1.165, 1.54) is 6.20 Å². The normalized spacial score (nSPS) is 12.2. The van der Waals surface area contributed by atoms with E-state index in [-0.39, 0.29) is 17.8 Å². The molecule has 1 aromatic rings. The molecule has 6 heteroatoms. The van der Waals surface area contributed by atoms with Crippen LogP contribution in [-0.2, 0) is 4.79 Å². The molecular formula is C9H12ClN3OS. The minimum Gasteiger partial charge on any atom is -0.294 e. The van der Waals surface area contributed by atoms with E-state index < -0.39 is 0 Å². The number of thioether (sulfide) groups is 1. The standard InChI is InChI=1S/C9H12ClN3OS/c1-6(5-15-2)8(14)13-9-11-4-3-7(10)12-9/h3-4,6H,5H2,1-2H3,(H,11,12,13,14). The summed E-state index contributed by atoms with van der Waals surface area (Å²) in [5.74, 6) is 0.863. The van der Waals surface area contributed by atoms with E-state index in [4.69, 9.17) is 11.6 Å². The first kappa shape index (κ1) is 12.3. The summed E-state index contributed by atoms with van der Waals surface area (Å²) < 4.78 is 0. The van der Waals surface area contributed by atoms with Crippen LogP contribution in [0.1, 0.15) is 6.92 Å². The van der Waals surface area contributed by atoms with Gasteiger partial charge in [-0.05, 0) is 12.3 Å². The Balaban J connectivity index is 2.58. The fourth-order valence-electron chi connectivity index (χ4n) is 0.956. The Bertz CT molecular complexity index is 348. The zero-order valence-electron chi connectivity index (χ0n) is 8.53. The first-order valence-electron chi connectivity index (χ1n) is 4.42. The van der Waals surface area contributed by atoms with Gasteiger partial charge in [-0.2, -0.15) is 11.8 Å². The number of amides is 1. The third-order valence-electron chi connectivity index (χ3n) is 1.72. The van der Waals surface area contributed by atoms with Crippen molar-refractivity contribution in [3.8, 4) is 0 Å². The van der Waals surface area contributed by atoms with Gasteiger partial charge in [0.05, 0.1) is 0 Å². The average molecular weight is 246 g/mol. The predicted molar refractivity (Wildman–Crippen MR) is 63.2 cm³/mol. The number of nitrogens with zero attached hydrogens (tertiary/aromatic N) is 2. The van der Waals surface area contributed by atoms with Gasteiger partial charge in [0.15, 0.2) is 0 Å².